The van der Waals surface area contributed by atoms with Crippen LogP contribution in [-0.2, 0) is 7.05 Å². The molecule has 0 spiro atoms. The summed E-state index contributed by atoms with van der Waals surface area (Å²) in [5.74, 6) is -0.317. The molecule has 102 valence electrons. The van der Waals surface area contributed by atoms with Gasteiger partial charge in [-0.3, -0.25) is 9.67 Å². The number of hydrogen-bond acceptors (Lipinski definition) is 3. The predicted molar refractivity (Wildman–Crippen MR) is 72.3 cm³/mol. The first-order valence-electron chi connectivity index (χ1n) is 6.45. The van der Waals surface area contributed by atoms with E-state index >= 15 is 0 Å². The van der Waals surface area contributed by atoms with Gasteiger partial charge < -0.3 is 5.32 Å². The van der Waals surface area contributed by atoms with E-state index < -0.39 is 0 Å². The predicted octanol–water partition coefficient (Wildman–Crippen LogP) is 2.35. The van der Waals surface area contributed by atoms with Crippen LogP contribution in [0.15, 0.2) is 24.7 Å². The second kappa shape index (κ2) is 5.93. The maximum Gasteiger partial charge on any atom is 0.141 e. The van der Waals surface area contributed by atoms with Crippen LogP contribution in [0.5, 0.6) is 0 Å². The zero-order chi connectivity index (χ0) is 13.8. The SMILES string of the molecule is CCCNC(c1cncc(F)c1)c1cnn(C)c1C. The van der Waals surface area contributed by atoms with E-state index in [0.29, 0.717) is 0 Å². The zero-order valence-corrected chi connectivity index (χ0v) is 11.5. The molecule has 0 aliphatic heterocycles. The molecule has 0 amide bonds. The van der Waals surface area contributed by atoms with Crippen LogP contribution in [0.2, 0.25) is 0 Å². The highest BCUT2D eigenvalue weighted by molar-refractivity contribution is 5.31. The van der Waals surface area contributed by atoms with Crippen molar-refractivity contribution in [3.63, 3.8) is 0 Å². The lowest BCUT2D eigenvalue weighted by Gasteiger charge is -2.18. The number of pyridine rings is 1. The Bertz CT molecular complexity index is 550. The summed E-state index contributed by atoms with van der Waals surface area (Å²) in [6.45, 7) is 4.97. The highest BCUT2D eigenvalue weighted by Gasteiger charge is 2.18. The molecule has 0 saturated heterocycles. The van der Waals surface area contributed by atoms with E-state index in [1.54, 1.807) is 6.20 Å². The molecule has 0 fully saturated rings. The second-order valence-electron chi connectivity index (χ2n) is 4.63. The first-order valence-corrected chi connectivity index (χ1v) is 6.45. The maximum atomic E-state index is 13.4. The second-order valence-corrected chi connectivity index (χ2v) is 4.63. The van der Waals surface area contributed by atoms with Crippen molar-refractivity contribution < 1.29 is 4.39 Å². The maximum absolute atomic E-state index is 13.4. The van der Waals surface area contributed by atoms with Crippen molar-refractivity contribution in [2.24, 2.45) is 7.05 Å². The number of aryl methyl sites for hydroxylation is 1. The van der Waals surface area contributed by atoms with Gasteiger partial charge in [0.05, 0.1) is 18.4 Å². The summed E-state index contributed by atoms with van der Waals surface area (Å²) < 4.78 is 15.2. The molecule has 4 nitrogen and oxygen atoms in total. The first-order chi connectivity index (χ1) is 9.13. The summed E-state index contributed by atoms with van der Waals surface area (Å²) >= 11 is 0. The number of hydrogen-bond donors (Lipinski definition) is 1. The van der Waals surface area contributed by atoms with Gasteiger partial charge in [0.1, 0.15) is 5.82 Å². The van der Waals surface area contributed by atoms with Gasteiger partial charge in [-0.2, -0.15) is 5.10 Å². The molecule has 2 rings (SSSR count). The Balaban J connectivity index is 2.38. The normalized spacial score (nSPS) is 12.6. The molecule has 1 atom stereocenters. The Morgan fingerprint density at radius 2 is 2.16 bits per heavy atom. The highest BCUT2D eigenvalue weighted by Crippen LogP contribution is 2.24. The van der Waals surface area contributed by atoms with Crippen molar-refractivity contribution in [3.05, 3.63) is 47.3 Å². The topological polar surface area (TPSA) is 42.7 Å². The molecule has 0 aliphatic rings. The molecule has 0 saturated carbocycles. The Hall–Kier alpha value is -1.75. The van der Waals surface area contributed by atoms with E-state index in [-0.39, 0.29) is 11.9 Å². The summed E-state index contributed by atoms with van der Waals surface area (Å²) in [5.41, 5.74) is 2.95. The third-order valence-corrected chi connectivity index (χ3v) is 3.24. The molecule has 1 unspecified atom stereocenters. The molecule has 2 heterocycles. The minimum Gasteiger partial charge on any atom is -0.306 e. The zero-order valence-electron chi connectivity index (χ0n) is 11.5. The Morgan fingerprint density at radius 3 is 2.74 bits per heavy atom. The molecule has 2 aromatic rings. The van der Waals surface area contributed by atoms with E-state index in [4.69, 9.17) is 0 Å². The van der Waals surface area contributed by atoms with E-state index in [1.165, 1.54) is 12.3 Å². The molecule has 0 bridgehead atoms. The summed E-state index contributed by atoms with van der Waals surface area (Å²) in [6, 6.07) is 1.45. The highest BCUT2D eigenvalue weighted by atomic mass is 19.1. The molecule has 19 heavy (non-hydrogen) atoms. The number of nitrogens with one attached hydrogen (secondary N) is 1. The van der Waals surface area contributed by atoms with Crippen LogP contribution >= 0.6 is 0 Å². The third kappa shape index (κ3) is 2.98. The third-order valence-electron chi connectivity index (χ3n) is 3.24. The summed E-state index contributed by atoms with van der Waals surface area (Å²) in [5, 5.41) is 7.68. The average molecular weight is 262 g/mol. The number of rotatable bonds is 5. The Labute approximate surface area is 112 Å². The van der Waals surface area contributed by atoms with Crippen LogP contribution in [0.3, 0.4) is 0 Å². The lowest BCUT2D eigenvalue weighted by Crippen LogP contribution is -2.24. The fraction of sp³-hybridized carbons (Fsp3) is 0.429. The smallest absolute Gasteiger partial charge is 0.141 e. The average Bonchev–Trinajstić information content (AvgIpc) is 2.72. The van der Waals surface area contributed by atoms with Gasteiger partial charge in [-0.25, -0.2) is 4.39 Å². The van der Waals surface area contributed by atoms with Crippen molar-refractivity contribution in [3.8, 4) is 0 Å². The van der Waals surface area contributed by atoms with Crippen LogP contribution in [0.25, 0.3) is 0 Å². The van der Waals surface area contributed by atoms with Crippen LogP contribution in [0.1, 0.15) is 36.2 Å². The van der Waals surface area contributed by atoms with Crippen LogP contribution in [0.4, 0.5) is 4.39 Å². The van der Waals surface area contributed by atoms with E-state index in [0.717, 1.165) is 29.8 Å². The minimum atomic E-state index is -0.317. The number of nitrogens with zero attached hydrogens (tertiary/aromatic N) is 3. The molecular formula is C14H19FN4. The number of halogens is 1. The number of aromatic nitrogens is 3. The van der Waals surface area contributed by atoms with Gasteiger partial charge in [-0.05, 0) is 31.5 Å². The molecule has 0 aliphatic carbocycles. The molecule has 0 aromatic carbocycles. The van der Waals surface area contributed by atoms with Gasteiger partial charge in [0.2, 0.25) is 0 Å². The molecular weight excluding hydrogens is 243 g/mol. The van der Waals surface area contributed by atoms with Gasteiger partial charge in [0.25, 0.3) is 0 Å². The van der Waals surface area contributed by atoms with Crippen LogP contribution in [0, 0.1) is 12.7 Å². The van der Waals surface area contributed by atoms with Gasteiger partial charge in [-0.15, -0.1) is 0 Å². The lowest BCUT2D eigenvalue weighted by atomic mass is 10.0. The van der Waals surface area contributed by atoms with Crippen molar-refractivity contribution in [1.29, 1.82) is 0 Å². The summed E-state index contributed by atoms with van der Waals surface area (Å²) in [7, 11) is 1.90. The van der Waals surface area contributed by atoms with Crippen LogP contribution < -0.4 is 5.32 Å². The van der Waals surface area contributed by atoms with Crippen molar-refractivity contribution in [1.82, 2.24) is 20.1 Å². The van der Waals surface area contributed by atoms with Crippen molar-refractivity contribution in [2.75, 3.05) is 6.54 Å². The summed E-state index contributed by atoms with van der Waals surface area (Å²) in [6.07, 6.45) is 5.76. The molecule has 1 N–H and O–H groups in total. The van der Waals surface area contributed by atoms with E-state index in [9.17, 15) is 4.39 Å². The lowest BCUT2D eigenvalue weighted by molar-refractivity contribution is 0.578. The van der Waals surface area contributed by atoms with Gasteiger partial charge in [0.15, 0.2) is 0 Å². The quantitative estimate of drug-likeness (QED) is 0.899. The standard InChI is InChI=1S/C14H19FN4/c1-4-5-17-14(11-6-12(15)8-16-7-11)13-9-18-19(3)10(13)2/h6-9,14,17H,4-5H2,1-3H3. The summed E-state index contributed by atoms with van der Waals surface area (Å²) in [4.78, 5) is 3.93. The fourth-order valence-electron chi connectivity index (χ4n) is 2.08. The Morgan fingerprint density at radius 1 is 1.37 bits per heavy atom. The van der Waals surface area contributed by atoms with Gasteiger partial charge >= 0.3 is 0 Å². The van der Waals surface area contributed by atoms with Crippen molar-refractivity contribution in [2.45, 2.75) is 26.3 Å². The molecule has 2 aromatic heterocycles. The van der Waals surface area contributed by atoms with Gasteiger partial charge in [-0.1, -0.05) is 6.92 Å². The van der Waals surface area contributed by atoms with Gasteiger partial charge in [0, 0.05) is 24.5 Å². The first kappa shape index (κ1) is 13.7. The van der Waals surface area contributed by atoms with Crippen molar-refractivity contribution >= 4 is 0 Å². The fourth-order valence-corrected chi connectivity index (χ4v) is 2.08. The minimum absolute atomic E-state index is 0.0724. The van der Waals surface area contributed by atoms with E-state index in [1.807, 2.05) is 24.9 Å². The van der Waals surface area contributed by atoms with Crippen LogP contribution in [-0.4, -0.2) is 21.3 Å². The molecule has 5 heteroatoms. The molecule has 0 radical (unpaired) electrons. The van der Waals surface area contributed by atoms with E-state index in [2.05, 4.69) is 22.3 Å². The largest absolute Gasteiger partial charge is 0.306 e. The Kier molecular flexibility index (Phi) is 4.27. The monoisotopic (exact) mass is 262 g/mol.